The van der Waals surface area contributed by atoms with Gasteiger partial charge in [0.05, 0.1) is 0 Å². The lowest BCUT2D eigenvalue weighted by Crippen LogP contribution is -3.13. The van der Waals surface area contributed by atoms with Crippen molar-refractivity contribution in [1.82, 2.24) is 5.43 Å². The zero-order chi connectivity index (χ0) is 5.70. The van der Waals surface area contributed by atoms with Crippen LogP contribution >= 0.6 is 0 Å². The third-order valence-electron chi connectivity index (χ3n) is 0.609. The van der Waals surface area contributed by atoms with E-state index in [9.17, 15) is 5.21 Å². The summed E-state index contributed by atoms with van der Waals surface area (Å²) in [5, 5.41) is 10.2. The van der Waals surface area contributed by atoms with Gasteiger partial charge in [0.1, 0.15) is 6.54 Å². The van der Waals surface area contributed by atoms with Crippen LogP contribution < -0.4 is 10.6 Å². The van der Waals surface area contributed by atoms with E-state index < -0.39 is 0 Å². The summed E-state index contributed by atoms with van der Waals surface area (Å²) in [6.07, 6.45) is 1.57. The van der Waals surface area contributed by atoms with Gasteiger partial charge in [0.15, 0.2) is 0 Å². The van der Waals surface area contributed by atoms with Crippen LogP contribution in [0, 0.1) is 5.21 Å². The van der Waals surface area contributed by atoms with Crippen molar-refractivity contribution in [2.45, 2.75) is 0 Å². The van der Waals surface area contributed by atoms with Crippen LogP contribution in [0.25, 0.3) is 0 Å². The number of hydroxylamine groups is 1. The molecule has 3 nitrogen and oxygen atoms in total. The molecule has 1 unspecified atom stereocenters. The number of quaternary nitrogens is 1. The maximum atomic E-state index is 10.2. The zero-order valence-corrected chi connectivity index (χ0v) is 4.40. The van der Waals surface area contributed by atoms with E-state index >= 15 is 0 Å². The average Bonchev–Trinajstić information content (AvgIpc) is 1.68. The Balaban J connectivity index is 2.98. The molecule has 42 valence electrons. The molecule has 0 fully saturated rings. The fourth-order valence-corrected chi connectivity index (χ4v) is 0.233. The largest absolute Gasteiger partial charge is 0.613 e. The number of rotatable bonds is 3. The van der Waals surface area contributed by atoms with Crippen molar-refractivity contribution in [3.8, 4) is 0 Å². The van der Waals surface area contributed by atoms with Crippen LogP contribution in [0.3, 0.4) is 0 Å². The molecular formula is C4H10N2O. The Morgan fingerprint density at radius 2 is 2.57 bits per heavy atom. The Morgan fingerprint density at radius 3 is 2.71 bits per heavy atom. The van der Waals surface area contributed by atoms with Crippen molar-refractivity contribution in [2.24, 2.45) is 0 Å². The molecule has 0 aliphatic carbocycles. The summed E-state index contributed by atoms with van der Waals surface area (Å²) in [6.45, 7) is 3.80. The highest BCUT2D eigenvalue weighted by atomic mass is 16.5. The Labute approximate surface area is 43.2 Å². The first-order valence-corrected chi connectivity index (χ1v) is 2.12. The molecule has 0 saturated heterocycles. The van der Waals surface area contributed by atoms with Gasteiger partial charge in [0, 0.05) is 7.05 Å². The first kappa shape index (κ1) is 6.62. The van der Waals surface area contributed by atoms with Crippen LogP contribution in [0.1, 0.15) is 0 Å². The predicted octanol–water partition coefficient (Wildman–Crippen LogP) is -1.31. The highest BCUT2D eigenvalue weighted by Crippen LogP contribution is 1.43. The van der Waals surface area contributed by atoms with E-state index in [1.165, 1.54) is 0 Å². The average molecular weight is 102 g/mol. The third-order valence-corrected chi connectivity index (χ3v) is 0.609. The summed E-state index contributed by atoms with van der Waals surface area (Å²) in [7, 11) is 1.60. The zero-order valence-electron chi connectivity index (χ0n) is 4.40. The van der Waals surface area contributed by atoms with Gasteiger partial charge in [-0.05, 0) is 6.08 Å². The van der Waals surface area contributed by atoms with Gasteiger partial charge in [-0.25, -0.2) is 0 Å². The Bertz CT molecular complexity index is 55.7. The maximum Gasteiger partial charge on any atom is 0.113 e. The minimum Gasteiger partial charge on any atom is -0.613 e. The fraction of sp³-hybridized carbons (Fsp3) is 0.500. The van der Waals surface area contributed by atoms with Crippen LogP contribution in [0.5, 0.6) is 0 Å². The van der Waals surface area contributed by atoms with Gasteiger partial charge in [-0.2, -0.15) is 5.43 Å². The molecule has 0 rings (SSSR count). The van der Waals surface area contributed by atoms with Crippen LogP contribution in [-0.4, -0.2) is 13.6 Å². The predicted molar refractivity (Wildman–Crippen MR) is 28.5 cm³/mol. The molecule has 2 N–H and O–H groups in total. The summed E-state index contributed by atoms with van der Waals surface area (Å²) in [6, 6.07) is 0. The molecule has 1 atom stereocenters. The lowest BCUT2D eigenvalue weighted by Gasteiger charge is -2.16. The first-order valence-electron chi connectivity index (χ1n) is 2.12. The summed E-state index contributed by atoms with van der Waals surface area (Å²) in [4.78, 5) is 0. The van der Waals surface area contributed by atoms with Gasteiger partial charge in [0.25, 0.3) is 0 Å². The topological polar surface area (TPSA) is 39.5 Å². The van der Waals surface area contributed by atoms with E-state index in [4.69, 9.17) is 0 Å². The standard InChI is InChI=1S/C4H10N2O/c1-3-4-6(7)5-2/h3,5-6H,1,4H2,2H3. The highest BCUT2D eigenvalue weighted by molar-refractivity contribution is 4.61. The van der Waals surface area contributed by atoms with Crippen molar-refractivity contribution in [2.75, 3.05) is 13.6 Å². The second kappa shape index (κ2) is 3.80. The molecule has 3 heteroatoms. The van der Waals surface area contributed by atoms with Crippen molar-refractivity contribution in [3.63, 3.8) is 0 Å². The van der Waals surface area contributed by atoms with Crippen molar-refractivity contribution < 1.29 is 5.17 Å². The summed E-state index contributed by atoms with van der Waals surface area (Å²) >= 11 is 0. The quantitative estimate of drug-likeness (QED) is 0.343. The van der Waals surface area contributed by atoms with Crippen molar-refractivity contribution in [3.05, 3.63) is 17.9 Å². The third kappa shape index (κ3) is 3.45. The summed E-state index contributed by atoms with van der Waals surface area (Å²) in [5.41, 5.74) is 2.46. The van der Waals surface area contributed by atoms with Gasteiger partial charge in [-0.1, -0.05) is 6.58 Å². The molecule has 7 heavy (non-hydrogen) atoms. The van der Waals surface area contributed by atoms with Crippen LogP contribution in [0.2, 0.25) is 0 Å². The first-order chi connectivity index (χ1) is 3.31. The molecule has 0 aliphatic rings. The Morgan fingerprint density at radius 1 is 2.00 bits per heavy atom. The van der Waals surface area contributed by atoms with E-state index in [1.807, 2.05) is 0 Å². The molecule has 0 aromatic carbocycles. The minimum absolute atomic E-state index is 0.00926. The number of hydrogen-bond acceptors (Lipinski definition) is 2. The molecule has 0 spiro atoms. The van der Waals surface area contributed by atoms with E-state index in [2.05, 4.69) is 12.0 Å². The maximum absolute atomic E-state index is 10.2. The molecule has 0 bridgehead atoms. The normalized spacial score (nSPS) is 13.4. The van der Waals surface area contributed by atoms with E-state index in [0.29, 0.717) is 6.54 Å². The van der Waals surface area contributed by atoms with Gasteiger partial charge in [0.2, 0.25) is 0 Å². The molecule has 0 saturated carbocycles. The lowest BCUT2D eigenvalue weighted by molar-refractivity contribution is -0.887. The Hall–Kier alpha value is -0.380. The summed E-state index contributed by atoms with van der Waals surface area (Å²) in [5.74, 6) is 0. The SMILES string of the molecule is C=CC[NH+]([O-])NC. The Kier molecular flexibility index (Phi) is 3.59. The summed E-state index contributed by atoms with van der Waals surface area (Å²) < 4.78 is 0. The molecule has 0 aromatic heterocycles. The van der Waals surface area contributed by atoms with E-state index in [-0.39, 0.29) is 5.17 Å². The molecule has 0 amide bonds. The highest BCUT2D eigenvalue weighted by Gasteiger charge is 1.80. The second-order valence-electron chi connectivity index (χ2n) is 1.17. The molecular weight excluding hydrogens is 92.1 g/mol. The van der Waals surface area contributed by atoms with Crippen LogP contribution in [0.15, 0.2) is 12.7 Å². The van der Waals surface area contributed by atoms with Gasteiger partial charge >= 0.3 is 0 Å². The molecule has 0 aromatic rings. The van der Waals surface area contributed by atoms with E-state index in [1.54, 1.807) is 13.1 Å². The fourth-order valence-electron chi connectivity index (χ4n) is 0.233. The molecule has 0 aliphatic heterocycles. The smallest absolute Gasteiger partial charge is 0.113 e. The molecule has 0 heterocycles. The van der Waals surface area contributed by atoms with E-state index in [0.717, 1.165) is 0 Å². The van der Waals surface area contributed by atoms with Crippen molar-refractivity contribution >= 4 is 0 Å². The number of nitrogens with one attached hydrogen (secondary N) is 2. The van der Waals surface area contributed by atoms with Crippen molar-refractivity contribution in [1.29, 1.82) is 0 Å². The minimum atomic E-state index is 0.00926. The van der Waals surface area contributed by atoms with Gasteiger partial charge < -0.3 is 5.21 Å². The monoisotopic (exact) mass is 102 g/mol. The van der Waals surface area contributed by atoms with Gasteiger partial charge in [-0.15, -0.1) is 0 Å². The lowest BCUT2D eigenvalue weighted by atomic mass is 10.6. The van der Waals surface area contributed by atoms with Crippen LogP contribution in [0.4, 0.5) is 0 Å². The number of hydrogen-bond donors (Lipinski definition) is 2. The second-order valence-corrected chi connectivity index (χ2v) is 1.17. The van der Waals surface area contributed by atoms with Crippen LogP contribution in [-0.2, 0) is 0 Å². The molecule has 0 radical (unpaired) electrons. The van der Waals surface area contributed by atoms with Gasteiger partial charge in [-0.3, -0.25) is 5.17 Å².